The van der Waals surface area contributed by atoms with Gasteiger partial charge in [-0.1, -0.05) is 24.3 Å². The number of benzene rings is 1. The normalized spacial score (nSPS) is 10.9. The first-order valence-corrected chi connectivity index (χ1v) is 7.68. The van der Waals surface area contributed by atoms with Crippen LogP contribution in [0.25, 0.3) is 10.9 Å². The standard InChI is InChI=1S/C10H9N.C4H10O4S/c1-8-6-7-9-4-2-3-5-10(9)11-8;1-3-7-9(5,6)8-4-2/h2-7H,1H3;3-4H2,1-2H3. The highest BCUT2D eigenvalue weighted by molar-refractivity contribution is 7.81. The molecule has 0 saturated carbocycles. The van der Waals surface area contributed by atoms with Crippen molar-refractivity contribution in [1.82, 2.24) is 4.98 Å². The van der Waals surface area contributed by atoms with Crippen LogP contribution < -0.4 is 0 Å². The number of aromatic nitrogens is 1. The first-order chi connectivity index (χ1) is 9.48. The lowest BCUT2D eigenvalue weighted by atomic mass is 10.2. The summed E-state index contributed by atoms with van der Waals surface area (Å²) < 4.78 is 29.2. The molecule has 110 valence electrons. The fourth-order valence-corrected chi connectivity index (χ4v) is 2.14. The van der Waals surface area contributed by atoms with E-state index in [9.17, 15) is 8.42 Å². The number of para-hydroxylation sites is 1. The van der Waals surface area contributed by atoms with Gasteiger partial charge in [-0.05, 0) is 32.9 Å². The molecule has 0 N–H and O–H groups in total. The molecule has 6 heteroatoms. The molecule has 1 heterocycles. The second kappa shape index (κ2) is 7.94. The van der Waals surface area contributed by atoms with Gasteiger partial charge in [-0.2, -0.15) is 8.42 Å². The van der Waals surface area contributed by atoms with Crippen LogP contribution in [0.3, 0.4) is 0 Å². The Labute approximate surface area is 119 Å². The van der Waals surface area contributed by atoms with Gasteiger partial charge in [-0.25, -0.2) is 8.37 Å². The van der Waals surface area contributed by atoms with Crippen molar-refractivity contribution in [3.8, 4) is 0 Å². The maximum Gasteiger partial charge on any atom is 0.399 e. The van der Waals surface area contributed by atoms with Gasteiger partial charge >= 0.3 is 10.4 Å². The number of hydrogen-bond acceptors (Lipinski definition) is 5. The maximum absolute atomic E-state index is 10.4. The summed E-state index contributed by atoms with van der Waals surface area (Å²) in [5, 5.41) is 1.21. The number of hydrogen-bond donors (Lipinski definition) is 0. The average molecular weight is 297 g/mol. The molecule has 0 atom stereocenters. The van der Waals surface area contributed by atoms with Gasteiger partial charge in [0.15, 0.2) is 0 Å². The van der Waals surface area contributed by atoms with Gasteiger partial charge in [0.2, 0.25) is 0 Å². The third-order valence-electron chi connectivity index (χ3n) is 2.26. The third-order valence-corrected chi connectivity index (χ3v) is 3.31. The largest absolute Gasteiger partial charge is 0.399 e. The van der Waals surface area contributed by atoms with Crippen LogP contribution in [-0.2, 0) is 18.8 Å². The van der Waals surface area contributed by atoms with Crippen LogP contribution in [0, 0.1) is 6.92 Å². The fourth-order valence-electron chi connectivity index (χ4n) is 1.49. The van der Waals surface area contributed by atoms with Gasteiger partial charge in [0.1, 0.15) is 0 Å². The van der Waals surface area contributed by atoms with Crippen LogP contribution >= 0.6 is 0 Å². The van der Waals surface area contributed by atoms with Gasteiger partial charge in [-0.15, -0.1) is 0 Å². The van der Waals surface area contributed by atoms with Crippen LogP contribution in [0.2, 0.25) is 0 Å². The molecule has 20 heavy (non-hydrogen) atoms. The van der Waals surface area contributed by atoms with E-state index in [-0.39, 0.29) is 13.2 Å². The van der Waals surface area contributed by atoms with Gasteiger partial charge < -0.3 is 0 Å². The smallest absolute Gasteiger partial charge is 0.253 e. The molecule has 1 aromatic carbocycles. The number of aryl methyl sites for hydroxylation is 1. The first kappa shape index (κ1) is 16.6. The van der Waals surface area contributed by atoms with Gasteiger partial charge in [0.05, 0.1) is 18.7 Å². The lowest BCUT2D eigenvalue weighted by molar-refractivity contribution is 0.231. The number of fused-ring (bicyclic) bond motifs is 1. The minimum Gasteiger partial charge on any atom is -0.253 e. The van der Waals surface area contributed by atoms with Crippen molar-refractivity contribution < 1.29 is 16.8 Å². The molecule has 0 unspecified atom stereocenters. The van der Waals surface area contributed by atoms with Crippen molar-refractivity contribution in [3.63, 3.8) is 0 Å². The van der Waals surface area contributed by atoms with Crippen molar-refractivity contribution in [2.24, 2.45) is 0 Å². The highest BCUT2D eigenvalue weighted by atomic mass is 32.3. The van der Waals surface area contributed by atoms with Crippen LogP contribution in [-0.4, -0.2) is 26.6 Å². The molecule has 0 saturated heterocycles. The SMILES string of the molecule is CCOS(=O)(=O)OCC.Cc1ccc2ccccc2n1. The number of nitrogens with zero attached hydrogens (tertiary/aromatic N) is 1. The zero-order chi connectivity index (χ0) is 15.0. The molecule has 2 aromatic rings. The zero-order valence-corrected chi connectivity index (χ0v) is 12.7. The summed E-state index contributed by atoms with van der Waals surface area (Å²) in [4.78, 5) is 4.38. The summed E-state index contributed by atoms with van der Waals surface area (Å²) in [6.45, 7) is 5.39. The van der Waals surface area contributed by atoms with Crippen LogP contribution in [0.5, 0.6) is 0 Å². The van der Waals surface area contributed by atoms with Crippen molar-refractivity contribution in [2.75, 3.05) is 13.2 Å². The summed E-state index contributed by atoms with van der Waals surface area (Å²) >= 11 is 0. The number of rotatable bonds is 4. The Morgan fingerprint density at radius 1 is 1.00 bits per heavy atom. The van der Waals surface area contributed by atoms with E-state index in [0.717, 1.165) is 11.2 Å². The Morgan fingerprint density at radius 3 is 2.20 bits per heavy atom. The van der Waals surface area contributed by atoms with Crippen LogP contribution in [0.15, 0.2) is 36.4 Å². The predicted molar refractivity (Wildman–Crippen MR) is 78.7 cm³/mol. The summed E-state index contributed by atoms with van der Waals surface area (Å²) in [5.41, 5.74) is 2.15. The summed E-state index contributed by atoms with van der Waals surface area (Å²) in [6.07, 6.45) is 0. The quantitative estimate of drug-likeness (QED) is 0.868. The number of pyridine rings is 1. The zero-order valence-electron chi connectivity index (χ0n) is 11.9. The van der Waals surface area contributed by atoms with Gasteiger partial charge in [0.25, 0.3) is 0 Å². The molecular formula is C14H19NO4S. The Bertz CT molecular complexity index is 628. The molecule has 2 rings (SSSR count). The van der Waals surface area contributed by atoms with E-state index in [2.05, 4.69) is 25.5 Å². The van der Waals surface area contributed by atoms with Crippen LogP contribution in [0.1, 0.15) is 19.5 Å². The minimum absolute atomic E-state index is 0.113. The second-order valence-electron chi connectivity index (χ2n) is 3.87. The summed E-state index contributed by atoms with van der Waals surface area (Å²) in [5.74, 6) is 0. The van der Waals surface area contributed by atoms with E-state index in [0.29, 0.717) is 0 Å². The molecular weight excluding hydrogens is 278 g/mol. The van der Waals surface area contributed by atoms with E-state index >= 15 is 0 Å². The van der Waals surface area contributed by atoms with Crippen molar-refractivity contribution in [3.05, 3.63) is 42.1 Å². The molecule has 0 amide bonds. The van der Waals surface area contributed by atoms with E-state index in [4.69, 9.17) is 0 Å². The van der Waals surface area contributed by atoms with Crippen LogP contribution in [0.4, 0.5) is 0 Å². The highest BCUT2D eigenvalue weighted by Crippen LogP contribution is 2.10. The molecule has 0 aliphatic carbocycles. The fraction of sp³-hybridized carbons (Fsp3) is 0.357. The highest BCUT2D eigenvalue weighted by Gasteiger charge is 2.06. The molecule has 0 fully saturated rings. The van der Waals surface area contributed by atoms with Gasteiger partial charge in [0, 0.05) is 11.1 Å². The second-order valence-corrected chi connectivity index (χ2v) is 5.15. The molecule has 5 nitrogen and oxygen atoms in total. The van der Waals surface area contributed by atoms with E-state index in [1.54, 1.807) is 13.8 Å². The molecule has 0 spiro atoms. The van der Waals surface area contributed by atoms with Crippen molar-refractivity contribution in [1.29, 1.82) is 0 Å². The molecule has 0 radical (unpaired) electrons. The lowest BCUT2D eigenvalue weighted by Gasteiger charge is -1.99. The van der Waals surface area contributed by atoms with E-state index < -0.39 is 10.4 Å². The van der Waals surface area contributed by atoms with E-state index in [1.807, 2.05) is 31.2 Å². The Balaban J connectivity index is 0.000000206. The molecule has 0 aliphatic heterocycles. The average Bonchev–Trinajstić information content (AvgIpc) is 2.39. The van der Waals surface area contributed by atoms with E-state index in [1.165, 1.54) is 5.39 Å². The van der Waals surface area contributed by atoms with Crippen molar-refractivity contribution in [2.45, 2.75) is 20.8 Å². The topological polar surface area (TPSA) is 65.5 Å². The minimum atomic E-state index is -3.68. The monoisotopic (exact) mass is 297 g/mol. The molecule has 0 aliphatic rings. The first-order valence-electron chi connectivity index (χ1n) is 6.34. The predicted octanol–water partition coefficient (Wildman–Crippen LogP) is 2.85. The Hall–Kier alpha value is -1.50. The summed E-state index contributed by atoms with van der Waals surface area (Å²) in [6, 6.07) is 12.3. The summed E-state index contributed by atoms with van der Waals surface area (Å²) in [7, 11) is -3.68. The third kappa shape index (κ3) is 5.64. The Kier molecular flexibility index (Phi) is 6.57. The molecule has 0 bridgehead atoms. The van der Waals surface area contributed by atoms with Crippen molar-refractivity contribution >= 4 is 21.3 Å². The Morgan fingerprint density at radius 2 is 1.60 bits per heavy atom. The molecule has 1 aromatic heterocycles. The van der Waals surface area contributed by atoms with Gasteiger partial charge in [-0.3, -0.25) is 4.98 Å². The lowest BCUT2D eigenvalue weighted by Crippen LogP contribution is -2.09. The maximum atomic E-state index is 10.4.